The third-order valence-corrected chi connectivity index (χ3v) is 4.03. The van der Waals surface area contributed by atoms with E-state index < -0.39 is 0 Å². The molecule has 0 bridgehead atoms. The Kier molecular flexibility index (Phi) is 5.13. The lowest BCUT2D eigenvalue weighted by molar-refractivity contribution is -0.136. The predicted molar refractivity (Wildman–Crippen MR) is 80.3 cm³/mol. The molecule has 20 heavy (non-hydrogen) atoms. The van der Waals surface area contributed by atoms with Crippen LogP contribution in [-0.4, -0.2) is 36.0 Å². The molecule has 0 unspecified atom stereocenters. The zero-order valence-corrected chi connectivity index (χ0v) is 12.8. The van der Waals surface area contributed by atoms with E-state index in [4.69, 9.17) is 33.7 Å². The molecule has 1 amide bonds. The monoisotopic (exact) mass is 316 g/mol. The van der Waals surface area contributed by atoms with E-state index in [0.717, 1.165) is 12.8 Å². The van der Waals surface area contributed by atoms with E-state index in [2.05, 4.69) is 0 Å². The van der Waals surface area contributed by atoms with Crippen molar-refractivity contribution in [1.29, 1.82) is 0 Å². The Morgan fingerprint density at radius 2 is 2.25 bits per heavy atom. The zero-order valence-electron chi connectivity index (χ0n) is 11.3. The van der Waals surface area contributed by atoms with Gasteiger partial charge in [0, 0.05) is 29.7 Å². The van der Waals surface area contributed by atoms with E-state index in [9.17, 15) is 4.79 Å². The summed E-state index contributed by atoms with van der Waals surface area (Å²) in [5.74, 6) is 0.370. The summed E-state index contributed by atoms with van der Waals surface area (Å²) in [7, 11) is 0. The molecule has 1 fully saturated rings. The van der Waals surface area contributed by atoms with Crippen molar-refractivity contribution < 1.29 is 9.53 Å². The fraction of sp³-hybridized carbons (Fsp3) is 0.500. The Morgan fingerprint density at radius 1 is 1.50 bits per heavy atom. The van der Waals surface area contributed by atoms with Crippen molar-refractivity contribution in [2.24, 2.45) is 5.73 Å². The summed E-state index contributed by atoms with van der Waals surface area (Å²) < 4.78 is 5.47. The molecule has 0 aromatic heterocycles. The molecule has 2 atom stereocenters. The third-order valence-electron chi connectivity index (χ3n) is 3.48. The summed E-state index contributed by atoms with van der Waals surface area (Å²) in [6.07, 6.45) is 1.65. The van der Waals surface area contributed by atoms with Crippen molar-refractivity contribution in [1.82, 2.24) is 4.90 Å². The maximum absolute atomic E-state index is 12.2. The fourth-order valence-corrected chi connectivity index (χ4v) is 2.72. The number of nitrogens with zero attached hydrogens (tertiary/aromatic N) is 1. The molecular formula is C14H18Cl2N2O2. The number of amides is 1. The molecule has 2 rings (SSSR count). The second-order valence-corrected chi connectivity index (χ2v) is 5.93. The molecule has 1 heterocycles. The van der Waals surface area contributed by atoms with E-state index in [1.165, 1.54) is 0 Å². The number of hydrogen-bond donors (Lipinski definition) is 1. The van der Waals surface area contributed by atoms with Gasteiger partial charge in [0.2, 0.25) is 0 Å². The average molecular weight is 317 g/mol. The van der Waals surface area contributed by atoms with Gasteiger partial charge in [-0.05, 0) is 31.9 Å². The van der Waals surface area contributed by atoms with Gasteiger partial charge in [-0.25, -0.2) is 0 Å². The number of carbonyl (C=O) groups excluding carboxylic acids is 1. The van der Waals surface area contributed by atoms with Crippen molar-refractivity contribution in [3.8, 4) is 5.75 Å². The van der Waals surface area contributed by atoms with Gasteiger partial charge < -0.3 is 15.4 Å². The Labute approximate surface area is 128 Å². The van der Waals surface area contributed by atoms with E-state index in [1.54, 1.807) is 18.2 Å². The Bertz CT molecular complexity index is 496. The Balaban J connectivity index is 1.93. The van der Waals surface area contributed by atoms with Gasteiger partial charge in [-0.15, -0.1) is 0 Å². The Hall–Kier alpha value is -0.970. The van der Waals surface area contributed by atoms with Crippen LogP contribution in [0.4, 0.5) is 0 Å². The van der Waals surface area contributed by atoms with Crippen molar-refractivity contribution in [3.63, 3.8) is 0 Å². The maximum atomic E-state index is 12.2. The zero-order chi connectivity index (χ0) is 14.7. The molecule has 1 saturated heterocycles. The Morgan fingerprint density at radius 3 is 2.95 bits per heavy atom. The quantitative estimate of drug-likeness (QED) is 0.932. The second-order valence-electron chi connectivity index (χ2n) is 5.08. The van der Waals surface area contributed by atoms with Crippen molar-refractivity contribution in [3.05, 3.63) is 28.2 Å². The molecular weight excluding hydrogens is 299 g/mol. The van der Waals surface area contributed by atoms with Gasteiger partial charge in [0.15, 0.2) is 6.61 Å². The van der Waals surface area contributed by atoms with Crippen LogP contribution >= 0.6 is 23.2 Å². The van der Waals surface area contributed by atoms with Crippen molar-refractivity contribution >= 4 is 29.1 Å². The van der Waals surface area contributed by atoms with Gasteiger partial charge in [-0.3, -0.25) is 4.79 Å². The molecule has 1 aliphatic heterocycles. The van der Waals surface area contributed by atoms with Crippen LogP contribution in [0.3, 0.4) is 0 Å². The number of carbonyl (C=O) groups is 1. The number of piperidine rings is 1. The number of halogens is 2. The van der Waals surface area contributed by atoms with Crippen LogP contribution in [0.15, 0.2) is 18.2 Å². The molecule has 110 valence electrons. The van der Waals surface area contributed by atoms with Gasteiger partial charge in [0.25, 0.3) is 5.91 Å². The minimum atomic E-state index is -0.0551. The third kappa shape index (κ3) is 3.78. The van der Waals surface area contributed by atoms with Gasteiger partial charge in [-0.2, -0.15) is 0 Å². The minimum absolute atomic E-state index is 0.0420. The standard InChI is InChI=1S/C14H18Cl2N2O2/c1-9-6-11(17)4-5-18(9)14(19)8-20-13-7-10(15)2-3-12(13)16/h2-3,7,9,11H,4-6,8,17H2,1H3/t9-,11+/m0/s1. The average Bonchev–Trinajstić information content (AvgIpc) is 2.39. The molecule has 0 aliphatic carbocycles. The van der Waals surface area contributed by atoms with E-state index in [1.807, 2.05) is 11.8 Å². The molecule has 0 spiro atoms. The summed E-state index contributed by atoms with van der Waals surface area (Å²) in [6, 6.07) is 5.24. The van der Waals surface area contributed by atoms with Crippen molar-refractivity contribution in [2.75, 3.05) is 13.2 Å². The highest BCUT2D eigenvalue weighted by atomic mass is 35.5. The van der Waals surface area contributed by atoms with Crippen LogP contribution in [-0.2, 0) is 4.79 Å². The first-order chi connectivity index (χ1) is 9.47. The fourth-order valence-electron chi connectivity index (χ4n) is 2.39. The first-order valence-corrected chi connectivity index (χ1v) is 7.36. The van der Waals surface area contributed by atoms with E-state index >= 15 is 0 Å². The van der Waals surface area contributed by atoms with Crippen LogP contribution in [0.1, 0.15) is 19.8 Å². The number of rotatable bonds is 3. The molecule has 1 aliphatic rings. The van der Waals surface area contributed by atoms with E-state index in [-0.39, 0.29) is 24.6 Å². The lowest BCUT2D eigenvalue weighted by Gasteiger charge is -2.36. The summed E-state index contributed by atoms with van der Waals surface area (Å²) in [4.78, 5) is 14.0. The van der Waals surface area contributed by atoms with Gasteiger partial charge in [-0.1, -0.05) is 23.2 Å². The molecule has 1 aromatic carbocycles. The highest BCUT2D eigenvalue weighted by molar-refractivity contribution is 6.34. The number of benzene rings is 1. The topological polar surface area (TPSA) is 55.6 Å². The normalized spacial score (nSPS) is 22.7. The highest BCUT2D eigenvalue weighted by Gasteiger charge is 2.27. The summed E-state index contributed by atoms with van der Waals surface area (Å²) in [6.45, 7) is 2.64. The minimum Gasteiger partial charge on any atom is -0.482 e. The lowest BCUT2D eigenvalue weighted by atomic mass is 9.99. The molecule has 6 heteroatoms. The van der Waals surface area contributed by atoms with Crippen molar-refractivity contribution in [2.45, 2.75) is 31.8 Å². The summed E-state index contributed by atoms with van der Waals surface area (Å²) in [5.41, 5.74) is 5.89. The van der Waals surface area contributed by atoms with Crippen LogP contribution < -0.4 is 10.5 Å². The van der Waals surface area contributed by atoms with Gasteiger partial charge in [0.1, 0.15) is 5.75 Å². The first-order valence-electron chi connectivity index (χ1n) is 6.60. The summed E-state index contributed by atoms with van der Waals surface area (Å²) >= 11 is 11.9. The lowest BCUT2D eigenvalue weighted by Crippen LogP contribution is -2.49. The van der Waals surface area contributed by atoms with Crippen LogP contribution in [0.5, 0.6) is 5.75 Å². The van der Waals surface area contributed by atoms with Crippen LogP contribution in [0.25, 0.3) is 0 Å². The molecule has 0 saturated carbocycles. The number of nitrogens with two attached hydrogens (primary N) is 1. The smallest absolute Gasteiger partial charge is 0.260 e. The first kappa shape index (κ1) is 15.4. The molecule has 0 radical (unpaired) electrons. The molecule has 4 nitrogen and oxygen atoms in total. The van der Waals surface area contributed by atoms with Crippen LogP contribution in [0.2, 0.25) is 10.0 Å². The second kappa shape index (κ2) is 6.66. The number of likely N-dealkylation sites (tertiary alicyclic amines) is 1. The number of hydrogen-bond acceptors (Lipinski definition) is 3. The molecule has 1 aromatic rings. The van der Waals surface area contributed by atoms with Gasteiger partial charge >= 0.3 is 0 Å². The van der Waals surface area contributed by atoms with Gasteiger partial charge in [0.05, 0.1) is 5.02 Å². The highest BCUT2D eigenvalue weighted by Crippen LogP contribution is 2.27. The summed E-state index contributed by atoms with van der Waals surface area (Å²) in [5, 5.41) is 0.963. The predicted octanol–water partition coefficient (Wildman–Crippen LogP) is 2.71. The SMILES string of the molecule is C[C@H]1C[C@H](N)CCN1C(=O)COc1cc(Cl)ccc1Cl. The largest absolute Gasteiger partial charge is 0.482 e. The maximum Gasteiger partial charge on any atom is 0.260 e. The van der Waals surface area contributed by atoms with Crippen LogP contribution in [0, 0.1) is 0 Å². The molecule has 2 N–H and O–H groups in total. The van der Waals surface area contributed by atoms with E-state index in [0.29, 0.717) is 22.3 Å². The number of ether oxygens (including phenoxy) is 1.